The molecule has 0 aromatic heterocycles. The van der Waals surface area contributed by atoms with Gasteiger partial charge in [0.05, 0.1) is 19.3 Å². The van der Waals surface area contributed by atoms with Crippen LogP contribution in [0.3, 0.4) is 0 Å². The van der Waals surface area contributed by atoms with Crippen LogP contribution in [0.1, 0.15) is 12.5 Å². The van der Waals surface area contributed by atoms with E-state index in [1.807, 2.05) is 37.3 Å². The third kappa shape index (κ3) is 3.68. The van der Waals surface area contributed by atoms with Crippen LogP contribution in [0.4, 0.5) is 4.79 Å². The standard InChI is InChI=1S/C14H19NO4/c1-10(7-16)13-12(15-14(17)19-13)9-18-8-11-5-3-2-4-6-11/h2-6,10,12-13,16H,7-9H2,1H3,(H,15,17). The third-order valence-corrected chi connectivity index (χ3v) is 3.20. The minimum absolute atomic E-state index is 0.0190. The Hall–Kier alpha value is -1.59. The number of nitrogens with one attached hydrogen (secondary N) is 1. The van der Waals surface area contributed by atoms with Crippen molar-refractivity contribution in [1.29, 1.82) is 0 Å². The van der Waals surface area contributed by atoms with Crippen LogP contribution in [0.25, 0.3) is 0 Å². The normalized spacial score (nSPS) is 23.8. The zero-order chi connectivity index (χ0) is 13.7. The van der Waals surface area contributed by atoms with Crippen molar-refractivity contribution in [1.82, 2.24) is 5.32 Å². The first kappa shape index (κ1) is 13.8. The Labute approximate surface area is 112 Å². The molecule has 1 amide bonds. The number of alkyl carbamates (subject to hydrolysis) is 1. The number of rotatable bonds is 6. The van der Waals surface area contributed by atoms with E-state index in [1.54, 1.807) is 0 Å². The lowest BCUT2D eigenvalue weighted by Gasteiger charge is -2.21. The van der Waals surface area contributed by atoms with Gasteiger partial charge in [-0.1, -0.05) is 37.3 Å². The van der Waals surface area contributed by atoms with Crippen molar-refractivity contribution in [3.05, 3.63) is 35.9 Å². The number of carbonyl (C=O) groups excluding carboxylic acids is 1. The summed E-state index contributed by atoms with van der Waals surface area (Å²) in [7, 11) is 0. The number of aliphatic hydroxyl groups is 1. The molecular weight excluding hydrogens is 246 g/mol. The van der Waals surface area contributed by atoms with Crippen molar-refractivity contribution in [2.45, 2.75) is 25.7 Å². The number of aliphatic hydroxyl groups excluding tert-OH is 1. The van der Waals surface area contributed by atoms with E-state index in [2.05, 4.69) is 5.32 Å². The van der Waals surface area contributed by atoms with E-state index in [1.165, 1.54) is 0 Å². The number of benzene rings is 1. The number of amides is 1. The molecule has 3 unspecified atom stereocenters. The molecule has 1 aliphatic rings. The molecule has 0 aliphatic carbocycles. The quantitative estimate of drug-likeness (QED) is 0.813. The molecule has 0 bridgehead atoms. The summed E-state index contributed by atoms with van der Waals surface area (Å²) in [6.07, 6.45) is -0.785. The van der Waals surface area contributed by atoms with Gasteiger partial charge >= 0.3 is 6.09 Å². The molecule has 19 heavy (non-hydrogen) atoms. The highest BCUT2D eigenvalue weighted by Gasteiger charge is 2.37. The summed E-state index contributed by atoms with van der Waals surface area (Å²) < 4.78 is 10.7. The predicted molar refractivity (Wildman–Crippen MR) is 69.5 cm³/mol. The van der Waals surface area contributed by atoms with E-state index >= 15 is 0 Å². The second-order valence-corrected chi connectivity index (χ2v) is 4.78. The summed E-state index contributed by atoms with van der Waals surface area (Å²) in [6.45, 7) is 2.69. The molecule has 104 valence electrons. The van der Waals surface area contributed by atoms with Gasteiger partial charge in [-0.25, -0.2) is 4.79 Å². The summed E-state index contributed by atoms with van der Waals surface area (Å²) in [5.41, 5.74) is 1.08. The van der Waals surface area contributed by atoms with Crippen LogP contribution < -0.4 is 5.32 Å². The zero-order valence-corrected chi connectivity index (χ0v) is 10.9. The van der Waals surface area contributed by atoms with Gasteiger partial charge in [-0.15, -0.1) is 0 Å². The van der Waals surface area contributed by atoms with E-state index in [0.717, 1.165) is 5.56 Å². The Bertz CT molecular complexity index is 409. The number of cyclic esters (lactones) is 1. The molecule has 1 heterocycles. The largest absolute Gasteiger partial charge is 0.444 e. The molecule has 1 aliphatic heterocycles. The van der Waals surface area contributed by atoms with Gasteiger partial charge in [-0.3, -0.25) is 0 Å². The molecule has 5 nitrogen and oxygen atoms in total. The highest BCUT2D eigenvalue weighted by molar-refractivity contribution is 5.70. The Morgan fingerprint density at radius 3 is 2.84 bits per heavy atom. The highest BCUT2D eigenvalue weighted by atomic mass is 16.6. The van der Waals surface area contributed by atoms with Crippen molar-refractivity contribution in [2.75, 3.05) is 13.2 Å². The zero-order valence-electron chi connectivity index (χ0n) is 10.9. The highest BCUT2D eigenvalue weighted by Crippen LogP contribution is 2.18. The second-order valence-electron chi connectivity index (χ2n) is 4.78. The van der Waals surface area contributed by atoms with Gasteiger partial charge in [-0.2, -0.15) is 0 Å². The Kier molecular flexibility index (Phi) is 4.76. The molecule has 5 heteroatoms. The Morgan fingerprint density at radius 1 is 1.42 bits per heavy atom. The van der Waals surface area contributed by atoms with E-state index in [-0.39, 0.29) is 24.7 Å². The number of ether oxygens (including phenoxy) is 2. The fraction of sp³-hybridized carbons (Fsp3) is 0.500. The first-order valence-electron chi connectivity index (χ1n) is 6.40. The van der Waals surface area contributed by atoms with Gasteiger partial charge in [0.2, 0.25) is 0 Å². The minimum Gasteiger partial charge on any atom is -0.444 e. The molecule has 1 aromatic rings. The molecule has 1 aromatic carbocycles. The Morgan fingerprint density at radius 2 is 2.16 bits per heavy atom. The van der Waals surface area contributed by atoms with Crippen LogP contribution in [0.2, 0.25) is 0 Å². The molecule has 2 rings (SSSR count). The molecule has 0 spiro atoms. The van der Waals surface area contributed by atoms with Crippen LogP contribution in [-0.2, 0) is 16.1 Å². The van der Waals surface area contributed by atoms with Gasteiger partial charge in [0.25, 0.3) is 0 Å². The molecule has 2 N–H and O–H groups in total. The lowest BCUT2D eigenvalue weighted by Crippen LogP contribution is -2.40. The monoisotopic (exact) mass is 265 g/mol. The van der Waals surface area contributed by atoms with Crippen LogP contribution in [0.15, 0.2) is 30.3 Å². The van der Waals surface area contributed by atoms with E-state index in [4.69, 9.17) is 14.6 Å². The first-order valence-corrected chi connectivity index (χ1v) is 6.40. The lowest BCUT2D eigenvalue weighted by atomic mass is 10.00. The first-order chi connectivity index (χ1) is 9.20. The van der Waals surface area contributed by atoms with Gasteiger partial charge in [0.1, 0.15) is 6.10 Å². The number of hydrogen-bond donors (Lipinski definition) is 2. The molecule has 3 atom stereocenters. The summed E-state index contributed by atoms with van der Waals surface area (Å²) in [5, 5.41) is 11.9. The van der Waals surface area contributed by atoms with Crippen LogP contribution in [0, 0.1) is 5.92 Å². The SMILES string of the molecule is CC(CO)C1OC(=O)NC1COCc1ccccc1. The van der Waals surface area contributed by atoms with E-state index < -0.39 is 6.09 Å². The fourth-order valence-electron chi connectivity index (χ4n) is 2.10. The maximum atomic E-state index is 11.2. The average molecular weight is 265 g/mol. The third-order valence-electron chi connectivity index (χ3n) is 3.20. The molecular formula is C14H19NO4. The van der Waals surface area contributed by atoms with Gasteiger partial charge in [0.15, 0.2) is 0 Å². The van der Waals surface area contributed by atoms with Gasteiger partial charge in [-0.05, 0) is 5.56 Å². The topological polar surface area (TPSA) is 67.8 Å². The molecule has 1 saturated heterocycles. The lowest BCUT2D eigenvalue weighted by molar-refractivity contribution is 0.0350. The molecule has 0 radical (unpaired) electrons. The number of hydrogen-bond acceptors (Lipinski definition) is 4. The van der Waals surface area contributed by atoms with E-state index in [9.17, 15) is 4.79 Å². The minimum atomic E-state index is -0.446. The van der Waals surface area contributed by atoms with Crippen molar-refractivity contribution in [3.63, 3.8) is 0 Å². The predicted octanol–water partition coefficient (Wildman–Crippen LogP) is 1.31. The van der Waals surface area contributed by atoms with Gasteiger partial charge in [0, 0.05) is 12.5 Å². The Balaban J connectivity index is 1.82. The van der Waals surface area contributed by atoms with Crippen molar-refractivity contribution < 1.29 is 19.4 Å². The molecule has 0 saturated carbocycles. The summed E-state index contributed by atoms with van der Waals surface area (Å²) in [4.78, 5) is 11.2. The number of carbonyl (C=O) groups is 1. The van der Waals surface area contributed by atoms with Crippen molar-refractivity contribution in [3.8, 4) is 0 Å². The maximum absolute atomic E-state index is 11.2. The summed E-state index contributed by atoms with van der Waals surface area (Å²) >= 11 is 0. The fourth-order valence-corrected chi connectivity index (χ4v) is 2.10. The average Bonchev–Trinajstić information content (AvgIpc) is 2.80. The summed E-state index contributed by atoms with van der Waals surface area (Å²) in [5.74, 6) is -0.107. The smallest absolute Gasteiger partial charge is 0.407 e. The molecule has 1 fully saturated rings. The van der Waals surface area contributed by atoms with Gasteiger partial charge < -0.3 is 19.9 Å². The van der Waals surface area contributed by atoms with Crippen LogP contribution in [0.5, 0.6) is 0 Å². The maximum Gasteiger partial charge on any atom is 0.407 e. The summed E-state index contributed by atoms with van der Waals surface area (Å²) in [6, 6.07) is 9.62. The van der Waals surface area contributed by atoms with Crippen LogP contribution >= 0.6 is 0 Å². The van der Waals surface area contributed by atoms with Crippen molar-refractivity contribution in [2.24, 2.45) is 5.92 Å². The van der Waals surface area contributed by atoms with Crippen LogP contribution in [-0.4, -0.2) is 36.6 Å². The second kappa shape index (κ2) is 6.54. The van der Waals surface area contributed by atoms with Crippen molar-refractivity contribution >= 4 is 6.09 Å². The van der Waals surface area contributed by atoms with E-state index in [0.29, 0.717) is 13.2 Å².